The molecule has 0 saturated carbocycles. The monoisotopic (exact) mass is 406 g/mol. The second kappa shape index (κ2) is 7.92. The zero-order valence-electron chi connectivity index (χ0n) is 15.8. The fourth-order valence-electron chi connectivity index (χ4n) is 3.77. The fraction of sp³-hybridized carbons (Fsp3) is 0.350. The number of methoxy groups -OCH3 is 1. The van der Waals surface area contributed by atoms with Crippen LogP contribution in [0.3, 0.4) is 0 Å². The van der Waals surface area contributed by atoms with Gasteiger partial charge in [-0.25, -0.2) is 13.2 Å². The molecule has 1 amide bonds. The summed E-state index contributed by atoms with van der Waals surface area (Å²) < 4.78 is 48.0. The van der Waals surface area contributed by atoms with Crippen LogP contribution in [0.2, 0.25) is 0 Å². The zero-order valence-corrected chi connectivity index (χ0v) is 15.8. The van der Waals surface area contributed by atoms with Crippen LogP contribution < -0.4 is 25.8 Å². The molecule has 154 valence electrons. The van der Waals surface area contributed by atoms with Crippen molar-refractivity contribution in [3.8, 4) is 5.75 Å². The SMILES string of the molecule is COc1cc(F)cc(NC2CCN(c3cc(F)c(C4CNNC4)cc3F)C2=O)c1. The molecular weight excluding hydrogens is 385 g/mol. The lowest BCUT2D eigenvalue weighted by Gasteiger charge is -2.20. The van der Waals surface area contributed by atoms with Crippen molar-refractivity contribution in [3.05, 3.63) is 53.3 Å². The van der Waals surface area contributed by atoms with Gasteiger partial charge in [-0.3, -0.25) is 15.6 Å². The standard InChI is InChI=1S/C20H21F3N4O2/c1-29-14-5-12(21)4-13(6-14)26-18-2-3-27(20(18)28)19-8-16(22)15(7-17(19)23)11-9-24-25-10-11/h4-8,11,18,24-26H,2-3,9-10H2,1H3. The summed E-state index contributed by atoms with van der Waals surface area (Å²) in [4.78, 5) is 14.0. The summed E-state index contributed by atoms with van der Waals surface area (Å²) in [5.41, 5.74) is 6.34. The van der Waals surface area contributed by atoms with Gasteiger partial charge in [0.25, 0.3) is 0 Å². The largest absolute Gasteiger partial charge is 0.497 e. The molecule has 2 saturated heterocycles. The number of hydrazine groups is 1. The molecule has 2 aromatic rings. The van der Waals surface area contributed by atoms with Crippen LogP contribution in [0, 0.1) is 17.5 Å². The molecule has 0 aliphatic carbocycles. The number of carbonyl (C=O) groups excluding carboxylic acids is 1. The van der Waals surface area contributed by atoms with Crippen molar-refractivity contribution >= 4 is 17.3 Å². The summed E-state index contributed by atoms with van der Waals surface area (Å²) in [5.74, 6) is -1.96. The van der Waals surface area contributed by atoms with Crippen molar-refractivity contribution < 1.29 is 22.7 Å². The predicted octanol–water partition coefficient (Wildman–Crippen LogP) is 2.52. The van der Waals surface area contributed by atoms with E-state index in [1.807, 2.05) is 0 Å². The number of nitrogens with one attached hydrogen (secondary N) is 3. The molecule has 9 heteroatoms. The van der Waals surface area contributed by atoms with Gasteiger partial charge in [-0.2, -0.15) is 0 Å². The number of halogens is 3. The Morgan fingerprint density at radius 3 is 2.55 bits per heavy atom. The highest BCUT2D eigenvalue weighted by Crippen LogP contribution is 2.31. The third kappa shape index (κ3) is 3.88. The first-order valence-electron chi connectivity index (χ1n) is 9.33. The molecule has 3 N–H and O–H groups in total. The number of hydrogen-bond donors (Lipinski definition) is 3. The highest BCUT2D eigenvalue weighted by molar-refractivity contribution is 6.01. The first kappa shape index (κ1) is 19.5. The van der Waals surface area contributed by atoms with Gasteiger partial charge < -0.3 is 15.0 Å². The average molecular weight is 406 g/mol. The van der Waals surface area contributed by atoms with Gasteiger partial charge in [0.15, 0.2) is 0 Å². The van der Waals surface area contributed by atoms with E-state index in [1.54, 1.807) is 6.07 Å². The van der Waals surface area contributed by atoms with E-state index in [4.69, 9.17) is 4.74 Å². The smallest absolute Gasteiger partial charge is 0.249 e. The molecule has 1 atom stereocenters. The maximum absolute atomic E-state index is 14.7. The second-order valence-electron chi connectivity index (χ2n) is 7.14. The summed E-state index contributed by atoms with van der Waals surface area (Å²) in [6.07, 6.45) is 0.372. The van der Waals surface area contributed by atoms with Crippen molar-refractivity contribution in [2.75, 3.05) is 37.0 Å². The molecule has 6 nitrogen and oxygen atoms in total. The Balaban J connectivity index is 1.53. The van der Waals surface area contributed by atoms with Crippen LogP contribution in [-0.4, -0.2) is 38.7 Å². The van der Waals surface area contributed by atoms with Gasteiger partial charge >= 0.3 is 0 Å². The normalized spacial score (nSPS) is 19.8. The van der Waals surface area contributed by atoms with Crippen LogP contribution in [0.4, 0.5) is 24.5 Å². The summed E-state index contributed by atoms with van der Waals surface area (Å²) in [7, 11) is 1.42. The van der Waals surface area contributed by atoms with E-state index in [2.05, 4.69) is 16.2 Å². The van der Waals surface area contributed by atoms with Crippen LogP contribution in [0.25, 0.3) is 0 Å². The number of anilines is 2. The van der Waals surface area contributed by atoms with E-state index < -0.39 is 29.4 Å². The molecule has 2 fully saturated rings. The molecule has 2 heterocycles. The molecule has 0 radical (unpaired) electrons. The molecule has 4 rings (SSSR count). The maximum atomic E-state index is 14.7. The van der Waals surface area contributed by atoms with Crippen molar-refractivity contribution in [1.82, 2.24) is 10.9 Å². The van der Waals surface area contributed by atoms with Crippen molar-refractivity contribution in [3.63, 3.8) is 0 Å². The predicted molar refractivity (Wildman–Crippen MR) is 102 cm³/mol. The Morgan fingerprint density at radius 2 is 1.83 bits per heavy atom. The number of amides is 1. The van der Waals surface area contributed by atoms with Gasteiger partial charge in [0.05, 0.1) is 12.8 Å². The lowest BCUT2D eigenvalue weighted by molar-refractivity contribution is -0.117. The third-order valence-corrected chi connectivity index (χ3v) is 5.27. The van der Waals surface area contributed by atoms with Crippen molar-refractivity contribution in [2.45, 2.75) is 18.4 Å². The lowest BCUT2D eigenvalue weighted by atomic mass is 9.99. The Hall–Kier alpha value is -2.78. The minimum absolute atomic E-state index is 0.0868. The number of rotatable bonds is 5. The molecule has 1 unspecified atom stereocenters. The highest BCUT2D eigenvalue weighted by Gasteiger charge is 2.35. The second-order valence-corrected chi connectivity index (χ2v) is 7.14. The minimum atomic E-state index is -0.674. The Morgan fingerprint density at radius 1 is 1.07 bits per heavy atom. The molecule has 0 bridgehead atoms. The summed E-state index contributed by atoms with van der Waals surface area (Å²) in [6, 6.07) is 5.61. The molecule has 2 aliphatic heterocycles. The Bertz CT molecular complexity index is 934. The number of hydrogen-bond acceptors (Lipinski definition) is 5. The van der Waals surface area contributed by atoms with Gasteiger partial charge in [-0.15, -0.1) is 0 Å². The lowest BCUT2D eigenvalue weighted by Crippen LogP contribution is -2.34. The topological polar surface area (TPSA) is 65.6 Å². The molecular formula is C20H21F3N4O2. The van der Waals surface area contributed by atoms with E-state index in [9.17, 15) is 18.0 Å². The quantitative estimate of drug-likeness (QED) is 0.712. The van der Waals surface area contributed by atoms with Crippen LogP contribution in [0.1, 0.15) is 17.9 Å². The van der Waals surface area contributed by atoms with Crippen LogP contribution in [-0.2, 0) is 4.79 Å². The van der Waals surface area contributed by atoms with Crippen LogP contribution in [0.15, 0.2) is 30.3 Å². The third-order valence-electron chi connectivity index (χ3n) is 5.27. The van der Waals surface area contributed by atoms with Crippen LogP contribution in [0.5, 0.6) is 5.75 Å². The summed E-state index contributed by atoms with van der Waals surface area (Å²) in [5, 5.41) is 2.95. The number of carbonyl (C=O) groups is 1. The maximum Gasteiger partial charge on any atom is 0.249 e. The first-order chi connectivity index (χ1) is 14.0. The molecule has 0 spiro atoms. The minimum Gasteiger partial charge on any atom is -0.497 e. The fourth-order valence-corrected chi connectivity index (χ4v) is 3.77. The molecule has 0 aromatic heterocycles. The van der Waals surface area contributed by atoms with Gasteiger partial charge in [-0.05, 0) is 24.1 Å². The summed E-state index contributed by atoms with van der Waals surface area (Å²) >= 11 is 0. The van der Waals surface area contributed by atoms with E-state index in [1.165, 1.54) is 24.1 Å². The van der Waals surface area contributed by atoms with E-state index in [0.717, 1.165) is 12.1 Å². The van der Waals surface area contributed by atoms with Crippen molar-refractivity contribution in [2.24, 2.45) is 0 Å². The van der Waals surface area contributed by atoms with E-state index in [-0.39, 0.29) is 23.7 Å². The highest BCUT2D eigenvalue weighted by atomic mass is 19.1. The number of benzene rings is 2. The zero-order chi connectivity index (χ0) is 20.5. The number of nitrogens with zero attached hydrogens (tertiary/aromatic N) is 1. The van der Waals surface area contributed by atoms with E-state index >= 15 is 0 Å². The molecule has 29 heavy (non-hydrogen) atoms. The Kier molecular flexibility index (Phi) is 5.33. The molecule has 2 aliphatic rings. The van der Waals surface area contributed by atoms with Crippen molar-refractivity contribution in [1.29, 1.82) is 0 Å². The van der Waals surface area contributed by atoms with E-state index in [0.29, 0.717) is 30.9 Å². The van der Waals surface area contributed by atoms with Gasteiger partial charge in [0.1, 0.15) is 29.2 Å². The molecule has 2 aromatic carbocycles. The van der Waals surface area contributed by atoms with Crippen LogP contribution >= 0.6 is 0 Å². The number of ether oxygens (including phenoxy) is 1. The van der Waals surface area contributed by atoms with Gasteiger partial charge in [0.2, 0.25) is 5.91 Å². The first-order valence-corrected chi connectivity index (χ1v) is 9.33. The summed E-state index contributed by atoms with van der Waals surface area (Å²) in [6.45, 7) is 1.23. The van der Waals surface area contributed by atoms with Gasteiger partial charge in [-0.1, -0.05) is 0 Å². The Labute approximate surface area is 166 Å². The average Bonchev–Trinajstić information content (AvgIpc) is 3.34. The van der Waals surface area contributed by atoms with Gasteiger partial charge in [0, 0.05) is 49.4 Å².